The van der Waals surface area contributed by atoms with Crippen LogP contribution >= 0.6 is 0 Å². The molecule has 7 nitrogen and oxygen atoms in total. The average molecular weight is 355 g/mol. The van der Waals surface area contributed by atoms with Gasteiger partial charge in [0.2, 0.25) is 11.8 Å². The van der Waals surface area contributed by atoms with E-state index in [2.05, 4.69) is 15.4 Å². The van der Waals surface area contributed by atoms with Crippen molar-refractivity contribution < 1.29 is 9.59 Å². The summed E-state index contributed by atoms with van der Waals surface area (Å²) in [6.45, 7) is 7.75. The van der Waals surface area contributed by atoms with Gasteiger partial charge in [-0.2, -0.15) is 5.10 Å². The smallest absolute Gasteiger partial charge is 0.230 e. The van der Waals surface area contributed by atoms with Crippen LogP contribution in [-0.2, 0) is 22.7 Å². The zero-order valence-corrected chi connectivity index (χ0v) is 15.5. The van der Waals surface area contributed by atoms with Crippen LogP contribution in [0, 0.1) is 13.8 Å². The number of nitrogens with zero attached hydrogens (tertiary/aromatic N) is 4. The molecule has 2 aromatic rings. The summed E-state index contributed by atoms with van der Waals surface area (Å²) >= 11 is 0. The second-order valence-electron chi connectivity index (χ2n) is 6.79. The Labute approximate surface area is 153 Å². The van der Waals surface area contributed by atoms with Crippen molar-refractivity contribution in [3.05, 3.63) is 47.0 Å². The predicted molar refractivity (Wildman–Crippen MR) is 97.4 cm³/mol. The summed E-state index contributed by atoms with van der Waals surface area (Å²) in [4.78, 5) is 30.6. The van der Waals surface area contributed by atoms with Gasteiger partial charge in [0, 0.05) is 45.0 Å². The van der Waals surface area contributed by atoms with Crippen LogP contribution in [0.15, 0.2) is 24.4 Å². The van der Waals surface area contributed by atoms with Crippen LogP contribution in [0.3, 0.4) is 0 Å². The lowest BCUT2D eigenvalue weighted by atomic mass is 9.94. The molecule has 138 valence electrons. The molecule has 2 aromatic heterocycles. The third-order valence-electron chi connectivity index (χ3n) is 4.73. The van der Waals surface area contributed by atoms with Gasteiger partial charge in [-0.1, -0.05) is 6.07 Å². The van der Waals surface area contributed by atoms with Gasteiger partial charge in [0.05, 0.1) is 17.3 Å². The minimum absolute atomic E-state index is 0.0261. The zero-order chi connectivity index (χ0) is 18.7. The van der Waals surface area contributed by atoms with Crippen molar-refractivity contribution >= 4 is 11.8 Å². The van der Waals surface area contributed by atoms with Gasteiger partial charge in [0.1, 0.15) is 0 Å². The van der Waals surface area contributed by atoms with Crippen LogP contribution in [0.25, 0.3) is 0 Å². The van der Waals surface area contributed by atoms with E-state index in [1.807, 2.05) is 36.7 Å². The van der Waals surface area contributed by atoms with Crippen molar-refractivity contribution in [1.29, 1.82) is 0 Å². The van der Waals surface area contributed by atoms with Gasteiger partial charge in [-0.05, 0) is 38.0 Å². The summed E-state index contributed by atoms with van der Waals surface area (Å²) in [5.41, 5.74) is 3.84. The first-order valence-corrected chi connectivity index (χ1v) is 8.93. The molecular weight excluding hydrogens is 330 g/mol. The van der Waals surface area contributed by atoms with E-state index in [1.165, 1.54) is 6.92 Å². The summed E-state index contributed by atoms with van der Waals surface area (Å²) < 4.78 is 1.95. The Morgan fingerprint density at radius 2 is 2.15 bits per heavy atom. The molecular formula is C19H25N5O2. The lowest BCUT2D eigenvalue weighted by molar-refractivity contribution is -0.131. The number of carbonyl (C=O) groups is 2. The van der Waals surface area contributed by atoms with Crippen LogP contribution in [-0.4, -0.2) is 44.6 Å². The second kappa shape index (κ2) is 7.68. The Hall–Kier alpha value is -2.70. The van der Waals surface area contributed by atoms with E-state index in [0.717, 1.165) is 35.6 Å². The van der Waals surface area contributed by atoms with E-state index in [0.29, 0.717) is 19.6 Å². The molecule has 3 heterocycles. The van der Waals surface area contributed by atoms with Crippen molar-refractivity contribution in [1.82, 2.24) is 25.0 Å². The Kier molecular flexibility index (Phi) is 5.35. The molecule has 1 N–H and O–H groups in total. The Bertz CT molecular complexity index is 814. The molecule has 0 fully saturated rings. The summed E-state index contributed by atoms with van der Waals surface area (Å²) in [7, 11) is 0. The fraction of sp³-hybridized carbons (Fsp3) is 0.474. The molecule has 1 atom stereocenters. The quantitative estimate of drug-likeness (QED) is 0.825. The minimum Gasteiger partial charge on any atom is -0.355 e. The third kappa shape index (κ3) is 3.92. The van der Waals surface area contributed by atoms with E-state index < -0.39 is 5.92 Å². The van der Waals surface area contributed by atoms with Crippen LogP contribution in [0.1, 0.15) is 41.9 Å². The van der Waals surface area contributed by atoms with Crippen LogP contribution < -0.4 is 5.32 Å². The molecule has 0 bridgehead atoms. The number of nitrogens with one attached hydrogen (secondary N) is 1. The molecule has 0 saturated carbocycles. The first-order valence-electron chi connectivity index (χ1n) is 8.93. The van der Waals surface area contributed by atoms with Crippen molar-refractivity contribution in [2.45, 2.75) is 46.2 Å². The Morgan fingerprint density at radius 1 is 1.35 bits per heavy atom. The number of rotatable bonds is 5. The van der Waals surface area contributed by atoms with E-state index >= 15 is 0 Å². The molecule has 0 radical (unpaired) electrons. The van der Waals surface area contributed by atoms with Gasteiger partial charge in [-0.3, -0.25) is 19.3 Å². The van der Waals surface area contributed by atoms with Crippen LogP contribution in [0.2, 0.25) is 0 Å². The molecule has 0 aliphatic carbocycles. The number of fused-ring (bicyclic) bond motifs is 1. The number of carbonyl (C=O) groups excluding carboxylic acids is 2. The van der Waals surface area contributed by atoms with Crippen molar-refractivity contribution in [3.8, 4) is 0 Å². The monoisotopic (exact) mass is 355 g/mol. The molecule has 7 heteroatoms. The summed E-state index contributed by atoms with van der Waals surface area (Å²) in [6.07, 6.45) is 2.50. The Balaban J connectivity index is 1.60. The molecule has 1 aliphatic heterocycles. The predicted octanol–water partition coefficient (Wildman–Crippen LogP) is 1.55. The maximum Gasteiger partial charge on any atom is 0.230 e. The number of aryl methyl sites for hydroxylation is 3. The van der Waals surface area contributed by atoms with Gasteiger partial charge >= 0.3 is 0 Å². The summed E-state index contributed by atoms with van der Waals surface area (Å²) in [5.74, 6) is -0.524. The van der Waals surface area contributed by atoms with Gasteiger partial charge in [0.15, 0.2) is 0 Å². The average Bonchev–Trinajstić information content (AvgIpc) is 2.94. The molecule has 1 aliphatic rings. The molecule has 3 rings (SSSR count). The fourth-order valence-electron chi connectivity index (χ4n) is 3.39. The summed E-state index contributed by atoms with van der Waals surface area (Å²) in [6, 6.07) is 5.81. The number of aromatic nitrogens is 3. The topological polar surface area (TPSA) is 80.1 Å². The normalized spacial score (nSPS) is 16.3. The number of amides is 2. The van der Waals surface area contributed by atoms with E-state index in [1.54, 1.807) is 11.1 Å². The largest absolute Gasteiger partial charge is 0.355 e. The van der Waals surface area contributed by atoms with Crippen molar-refractivity contribution in [2.24, 2.45) is 0 Å². The lowest BCUT2D eigenvalue weighted by Crippen LogP contribution is -2.43. The standard InChI is InChI=1S/C19H25N5O2/c1-13-10-14(2)24(22-13)9-5-8-21-19(26)17-12-23(15(3)25)11-16-6-4-7-20-18(16)17/h4,6-7,10,17H,5,8-9,11-12H2,1-3H3,(H,21,26). The highest BCUT2D eigenvalue weighted by Crippen LogP contribution is 2.26. The van der Waals surface area contributed by atoms with Crippen molar-refractivity contribution in [3.63, 3.8) is 0 Å². The first kappa shape index (κ1) is 18.1. The van der Waals surface area contributed by atoms with Crippen molar-refractivity contribution in [2.75, 3.05) is 13.1 Å². The maximum absolute atomic E-state index is 12.7. The van der Waals surface area contributed by atoms with E-state index in [4.69, 9.17) is 0 Å². The second-order valence-corrected chi connectivity index (χ2v) is 6.79. The summed E-state index contributed by atoms with van der Waals surface area (Å²) in [5, 5.41) is 7.42. The fourth-order valence-corrected chi connectivity index (χ4v) is 3.39. The Morgan fingerprint density at radius 3 is 2.85 bits per heavy atom. The van der Waals surface area contributed by atoms with E-state index in [9.17, 15) is 9.59 Å². The highest BCUT2D eigenvalue weighted by atomic mass is 16.2. The first-order chi connectivity index (χ1) is 12.5. The molecule has 0 saturated heterocycles. The van der Waals surface area contributed by atoms with Gasteiger partial charge in [-0.15, -0.1) is 0 Å². The van der Waals surface area contributed by atoms with E-state index in [-0.39, 0.29) is 11.8 Å². The number of hydrogen-bond donors (Lipinski definition) is 1. The molecule has 26 heavy (non-hydrogen) atoms. The van der Waals surface area contributed by atoms with Gasteiger partial charge in [0.25, 0.3) is 0 Å². The van der Waals surface area contributed by atoms with Crippen LogP contribution in [0.5, 0.6) is 0 Å². The minimum atomic E-state index is -0.419. The third-order valence-corrected chi connectivity index (χ3v) is 4.73. The maximum atomic E-state index is 12.7. The molecule has 0 aromatic carbocycles. The van der Waals surface area contributed by atoms with Gasteiger partial charge < -0.3 is 10.2 Å². The molecule has 2 amide bonds. The zero-order valence-electron chi connectivity index (χ0n) is 15.5. The number of hydrogen-bond acceptors (Lipinski definition) is 4. The molecule has 1 unspecified atom stereocenters. The highest BCUT2D eigenvalue weighted by Gasteiger charge is 2.32. The van der Waals surface area contributed by atoms with Crippen LogP contribution in [0.4, 0.5) is 0 Å². The lowest BCUT2D eigenvalue weighted by Gasteiger charge is -2.32. The van der Waals surface area contributed by atoms with Gasteiger partial charge in [-0.25, -0.2) is 0 Å². The number of pyridine rings is 1. The SMILES string of the molecule is CC(=O)N1Cc2cccnc2C(C(=O)NCCCn2nc(C)cc2C)C1. The molecule has 0 spiro atoms. The highest BCUT2D eigenvalue weighted by molar-refractivity contribution is 5.85.